The van der Waals surface area contributed by atoms with Gasteiger partial charge in [0.05, 0.1) is 38.0 Å². The number of hydrogen-bond donors (Lipinski definition) is 1. The summed E-state index contributed by atoms with van der Waals surface area (Å²) in [6, 6.07) is 4.77. The summed E-state index contributed by atoms with van der Waals surface area (Å²) in [6.45, 7) is 4.58. The van der Waals surface area contributed by atoms with Gasteiger partial charge in [-0.2, -0.15) is 0 Å². The van der Waals surface area contributed by atoms with Crippen molar-refractivity contribution < 1.29 is 27.4 Å². The minimum atomic E-state index is -4.08. The fourth-order valence-electron chi connectivity index (χ4n) is 3.88. The summed E-state index contributed by atoms with van der Waals surface area (Å²) in [5, 5.41) is 7.63. The number of ether oxygens (including phenoxy) is 4. The third-order valence-corrected chi connectivity index (χ3v) is 7.83. The smallest absolute Gasteiger partial charge is 0.240 e. The maximum absolute atomic E-state index is 13.5. The Hall–Kier alpha value is -2.91. The van der Waals surface area contributed by atoms with Gasteiger partial charge in [-0.15, -0.1) is 10.2 Å². The zero-order valence-corrected chi connectivity index (χ0v) is 22.3. The van der Waals surface area contributed by atoms with Crippen molar-refractivity contribution in [1.29, 1.82) is 0 Å². The molecule has 15 heteroatoms. The lowest BCUT2D eigenvalue weighted by atomic mass is 10.1. The highest BCUT2D eigenvalue weighted by Crippen LogP contribution is 2.31. The summed E-state index contributed by atoms with van der Waals surface area (Å²) in [5.41, 5.74) is 0.443. The number of pyridine rings is 1. The van der Waals surface area contributed by atoms with Crippen LogP contribution in [0.15, 0.2) is 30.6 Å². The predicted octanol–water partition coefficient (Wildman–Crippen LogP) is 2.29. The number of rotatable bonds is 10. The number of anilines is 1. The largest absolute Gasteiger partial charge is 0.481 e. The lowest BCUT2D eigenvalue weighted by molar-refractivity contribution is -0.104. The standard InChI is InChI=1S/C22H28ClN7O6S/c1-13(17-12-35-8-9-36-17)30-21(16-6-5-7-18(26-16)33-3)27-28-22(30)29-37(31,32)14(2)19(34-4)20-24-10-15(23)11-25-20/h5-7,10-11,13-14,17,19H,8-9,12H2,1-4H3,(H,28,29)/t13-,14-,17?,19-/m0/s1. The fraction of sp³-hybridized carbons (Fsp3) is 0.500. The van der Waals surface area contributed by atoms with Crippen LogP contribution in [0.4, 0.5) is 5.95 Å². The van der Waals surface area contributed by atoms with Crippen LogP contribution in [0.5, 0.6) is 5.88 Å². The van der Waals surface area contributed by atoms with Gasteiger partial charge in [-0.1, -0.05) is 17.7 Å². The van der Waals surface area contributed by atoms with Crippen molar-refractivity contribution >= 4 is 27.6 Å². The van der Waals surface area contributed by atoms with Crippen LogP contribution in [0, 0.1) is 0 Å². The van der Waals surface area contributed by atoms with E-state index in [1.54, 1.807) is 22.8 Å². The molecule has 4 heterocycles. The predicted molar refractivity (Wildman–Crippen MR) is 134 cm³/mol. The molecule has 3 aromatic heterocycles. The van der Waals surface area contributed by atoms with E-state index in [9.17, 15) is 8.42 Å². The van der Waals surface area contributed by atoms with Gasteiger partial charge < -0.3 is 18.9 Å². The maximum Gasteiger partial charge on any atom is 0.240 e. The number of nitrogens with one attached hydrogen (secondary N) is 1. The van der Waals surface area contributed by atoms with Gasteiger partial charge in [-0.05, 0) is 19.9 Å². The molecule has 0 amide bonds. The molecule has 0 aliphatic carbocycles. The molecule has 1 N–H and O–H groups in total. The molecule has 1 aliphatic heterocycles. The number of methoxy groups -OCH3 is 2. The second-order valence-electron chi connectivity index (χ2n) is 8.28. The zero-order valence-electron chi connectivity index (χ0n) is 20.7. The molecule has 0 spiro atoms. The maximum atomic E-state index is 13.5. The molecule has 4 rings (SSSR count). The van der Waals surface area contributed by atoms with Crippen LogP contribution >= 0.6 is 11.6 Å². The first kappa shape index (κ1) is 27.1. The molecule has 1 unspecified atom stereocenters. The Labute approximate surface area is 219 Å². The molecule has 3 aromatic rings. The van der Waals surface area contributed by atoms with Crippen molar-refractivity contribution in [2.45, 2.75) is 37.3 Å². The van der Waals surface area contributed by atoms with E-state index in [2.05, 4.69) is 29.9 Å². The highest BCUT2D eigenvalue weighted by atomic mass is 35.5. The van der Waals surface area contributed by atoms with Gasteiger partial charge >= 0.3 is 0 Å². The zero-order chi connectivity index (χ0) is 26.6. The minimum absolute atomic E-state index is 0.0139. The first-order chi connectivity index (χ1) is 17.7. The quantitative estimate of drug-likeness (QED) is 0.393. The summed E-state index contributed by atoms with van der Waals surface area (Å²) >= 11 is 5.87. The first-order valence-electron chi connectivity index (χ1n) is 11.4. The van der Waals surface area contributed by atoms with E-state index in [0.717, 1.165) is 0 Å². The summed E-state index contributed by atoms with van der Waals surface area (Å²) in [4.78, 5) is 12.7. The molecule has 1 saturated heterocycles. The van der Waals surface area contributed by atoms with Crippen molar-refractivity contribution in [2.24, 2.45) is 0 Å². The van der Waals surface area contributed by atoms with Crippen molar-refractivity contribution in [1.82, 2.24) is 29.7 Å². The minimum Gasteiger partial charge on any atom is -0.481 e. The SMILES string of the molecule is COc1cccc(-c2nnc(NS(=O)(=O)[C@@H](C)[C@H](OC)c3ncc(Cl)cn3)n2[C@@H](C)C2COCCO2)n1. The van der Waals surface area contributed by atoms with Gasteiger partial charge in [-0.3, -0.25) is 9.29 Å². The second-order valence-corrected chi connectivity index (χ2v) is 10.7. The van der Waals surface area contributed by atoms with Gasteiger partial charge in [-0.25, -0.2) is 23.4 Å². The molecule has 13 nitrogen and oxygen atoms in total. The number of aromatic nitrogens is 6. The lowest BCUT2D eigenvalue weighted by Gasteiger charge is -2.30. The molecule has 0 bridgehead atoms. The molecule has 0 saturated carbocycles. The van der Waals surface area contributed by atoms with E-state index in [1.807, 2.05) is 6.92 Å². The van der Waals surface area contributed by atoms with E-state index < -0.39 is 27.4 Å². The summed E-state index contributed by atoms with van der Waals surface area (Å²) in [5.74, 6) is 0.863. The van der Waals surface area contributed by atoms with Crippen LogP contribution in [-0.4, -0.2) is 83.5 Å². The third kappa shape index (κ3) is 5.99. The van der Waals surface area contributed by atoms with Gasteiger partial charge in [0.1, 0.15) is 23.2 Å². The van der Waals surface area contributed by atoms with E-state index in [1.165, 1.54) is 33.5 Å². The Morgan fingerprint density at radius 1 is 1.16 bits per heavy atom. The van der Waals surface area contributed by atoms with Crippen LogP contribution in [0.25, 0.3) is 11.5 Å². The number of nitrogens with zero attached hydrogens (tertiary/aromatic N) is 6. The monoisotopic (exact) mass is 553 g/mol. The fourth-order valence-corrected chi connectivity index (χ4v) is 5.12. The molecule has 37 heavy (non-hydrogen) atoms. The third-order valence-electron chi connectivity index (χ3n) is 5.94. The van der Waals surface area contributed by atoms with Crippen molar-refractivity contribution in [2.75, 3.05) is 38.8 Å². The molecular weight excluding hydrogens is 526 g/mol. The van der Waals surface area contributed by atoms with Crippen molar-refractivity contribution in [3.8, 4) is 17.4 Å². The molecule has 1 fully saturated rings. The van der Waals surface area contributed by atoms with E-state index in [4.69, 9.17) is 30.5 Å². The van der Waals surface area contributed by atoms with E-state index in [-0.39, 0.29) is 17.9 Å². The average molecular weight is 554 g/mol. The molecule has 200 valence electrons. The lowest BCUT2D eigenvalue weighted by Crippen LogP contribution is -2.37. The molecule has 1 aliphatic rings. The van der Waals surface area contributed by atoms with Gasteiger partial charge in [0.2, 0.25) is 21.9 Å². The highest BCUT2D eigenvalue weighted by Gasteiger charge is 2.36. The molecule has 0 aromatic carbocycles. The molecule has 0 radical (unpaired) electrons. The van der Waals surface area contributed by atoms with Crippen LogP contribution in [0.2, 0.25) is 5.02 Å². The summed E-state index contributed by atoms with van der Waals surface area (Å²) < 4.78 is 53.3. The average Bonchev–Trinajstić information content (AvgIpc) is 3.32. The Morgan fingerprint density at radius 2 is 1.92 bits per heavy atom. The van der Waals surface area contributed by atoms with Crippen LogP contribution in [0.1, 0.15) is 31.8 Å². The number of sulfonamides is 1. The van der Waals surface area contributed by atoms with Crippen LogP contribution < -0.4 is 9.46 Å². The Morgan fingerprint density at radius 3 is 2.57 bits per heavy atom. The number of halogens is 1. The Balaban J connectivity index is 1.70. The summed E-state index contributed by atoms with van der Waals surface area (Å²) in [6.07, 6.45) is 1.41. The molecular formula is C22H28ClN7O6S. The Bertz CT molecular complexity index is 1300. The second kappa shape index (κ2) is 11.6. The van der Waals surface area contributed by atoms with Gasteiger partial charge in [0.15, 0.2) is 11.6 Å². The van der Waals surface area contributed by atoms with Crippen molar-refractivity contribution in [3.63, 3.8) is 0 Å². The first-order valence-corrected chi connectivity index (χ1v) is 13.3. The normalized spacial score (nSPS) is 18.7. The van der Waals surface area contributed by atoms with Gasteiger partial charge in [0, 0.05) is 25.6 Å². The van der Waals surface area contributed by atoms with Crippen LogP contribution in [-0.2, 0) is 24.2 Å². The van der Waals surface area contributed by atoms with Crippen molar-refractivity contribution in [3.05, 3.63) is 41.4 Å². The molecule has 4 atom stereocenters. The van der Waals surface area contributed by atoms with Crippen LogP contribution in [0.3, 0.4) is 0 Å². The van der Waals surface area contributed by atoms with E-state index in [0.29, 0.717) is 42.2 Å². The van der Waals surface area contributed by atoms with Gasteiger partial charge in [0.25, 0.3) is 0 Å². The Kier molecular flexibility index (Phi) is 8.54. The summed E-state index contributed by atoms with van der Waals surface area (Å²) in [7, 11) is -1.19. The van der Waals surface area contributed by atoms with E-state index >= 15 is 0 Å². The highest BCUT2D eigenvalue weighted by molar-refractivity contribution is 7.93. The topological polar surface area (TPSA) is 152 Å². The number of hydrogen-bond acceptors (Lipinski definition) is 11.